The van der Waals surface area contributed by atoms with Gasteiger partial charge < -0.3 is 4.90 Å². The molecule has 2 heterocycles. The van der Waals surface area contributed by atoms with Crippen LogP contribution in [0.5, 0.6) is 0 Å². The molecule has 0 bridgehead atoms. The molecule has 0 fully saturated rings. The maximum atomic E-state index is 13.5. The summed E-state index contributed by atoms with van der Waals surface area (Å²) in [6, 6.07) is 13.4. The first-order chi connectivity index (χ1) is 13.9. The van der Waals surface area contributed by atoms with Gasteiger partial charge in [-0.25, -0.2) is 4.98 Å². The summed E-state index contributed by atoms with van der Waals surface area (Å²) in [4.78, 5) is 22.6. The van der Waals surface area contributed by atoms with Crippen LogP contribution in [0.4, 0.5) is 5.13 Å². The number of aromatic nitrogens is 1. The number of thiophene rings is 1. The monoisotopic (exact) mass is 499 g/mol. The zero-order chi connectivity index (χ0) is 20.5. The van der Waals surface area contributed by atoms with Crippen LogP contribution in [0.25, 0.3) is 20.3 Å². The number of hydrogen-bond acceptors (Lipinski definition) is 5. The summed E-state index contributed by atoms with van der Waals surface area (Å²) >= 11 is 15.6. The quantitative estimate of drug-likeness (QED) is 0.291. The van der Waals surface area contributed by atoms with Crippen molar-refractivity contribution in [1.29, 1.82) is 0 Å². The Labute approximate surface area is 199 Å². The molecule has 4 nitrogen and oxygen atoms in total. The standard InChI is InChI=1S/C21H19Cl2N3OS2.ClH/c1-25(2)10-5-11-26(21-24-15-9-8-13(22)12-17(15)29-21)20(27)19-18(23)14-6-3-4-7-16(14)28-19;/h3-4,6-9,12H,5,10-11H2,1-2H3;1H. The lowest BCUT2D eigenvalue weighted by atomic mass is 10.2. The molecule has 0 saturated carbocycles. The van der Waals surface area contributed by atoms with E-state index in [4.69, 9.17) is 28.2 Å². The highest BCUT2D eigenvalue weighted by atomic mass is 35.5. The summed E-state index contributed by atoms with van der Waals surface area (Å²) in [5.74, 6) is -0.111. The second-order valence-electron chi connectivity index (χ2n) is 6.96. The van der Waals surface area contributed by atoms with Crippen molar-refractivity contribution in [2.75, 3.05) is 32.1 Å². The minimum absolute atomic E-state index is 0. The lowest BCUT2D eigenvalue weighted by molar-refractivity contribution is 0.0990. The van der Waals surface area contributed by atoms with Crippen LogP contribution in [0.1, 0.15) is 16.1 Å². The highest BCUT2D eigenvalue weighted by Crippen LogP contribution is 2.38. The van der Waals surface area contributed by atoms with Gasteiger partial charge in [-0.15, -0.1) is 23.7 Å². The van der Waals surface area contributed by atoms with E-state index in [-0.39, 0.29) is 18.3 Å². The van der Waals surface area contributed by atoms with E-state index in [1.807, 2.05) is 56.6 Å². The summed E-state index contributed by atoms with van der Waals surface area (Å²) < 4.78 is 1.96. The maximum absolute atomic E-state index is 13.5. The summed E-state index contributed by atoms with van der Waals surface area (Å²) in [5.41, 5.74) is 0.835. The Bertz CT molecular complexity index is 1190. The average Bonchev–Trinajstić information content (AvgIpc) is 3.25. The molecule has 0 aliphatic heterocycles. The summed E-state index contributed by atoms with van der Waals surface area (Å²) in [5, 5.41) is 2.74. The smallest absolute Gasteiger partial charge is 0.271 e. The molecular weight excluding hydrogens is 481 g/mol. The summed E-state index contributed by atoms with van der Waals surface area (Å²) in [7, 11) is 4.05. The molecule has 0 radical (unpaired) electrons. The zero-order valence-electron chi connectivity index (χ0n) is 16.4. The normalized spacial score (nSPS) is 11.2. The number of nitrogens with zero attached hydrogens (tertiary/aromatic N) is 3. The molecule has 4 aromatic rings. The van der Waals surface area contributed by atoms with Crippen molar-refractivity contribution in [3.05, 3.63) is 57.4 Å². The second kappa shape index (κ2) is 9.81. The van der Waals surface area contributed by atoms with Crippen LogP contribution >= 0.6 is 58.3 Å². The van der Waals surface area contributed by atoms with E-state index < -0.39 is 0 Å². The van der Waals surface area contributed by atoms with Crippen LogP contribution < -0.4 is 4.90 Å². The maximum Gasteiger partial charge on any atom is 0.271 e. The highest BCUT2D eigenvalue weighted by molar-refractivity contribution is 7.23. The van der Waals surface area contributed by atoms with E-state index in [1.54, 1.807) is 4.90 Å². The number of carbonyl (C=O) groups is 1. The molecule has 0 aliphatic rings. The number of benzene rings is 2. The molecule has 0 saturated heterocycles. The van der Waals surface area contributed by atoms with E-state index in [2.05, 4.69) is 4.90 Å². The van der Waals surface area contributed by atoms with Crippen molar-refractivity contribution in [3.63, 3.8) is 0 Å². The third-order valence-electron chi connectivity index (χ3n) is 4.53. The van der Waals surface area contributed by atoms with Gasteiger partial charge in [-0.2, -0.15) is 0 Å². The minimum atomic E-state index is -0.111. The number of rotatable bonds is 6. The molecule has 158 valence electrons. The lowest BCUT2D eigenvalue weighted by Gasteiger charge is -2.20. The second-order valence-corrected chi connectivity index (χ2v) is 9.84. The van der Waals surface area contributed by atoms with Crippen LogP contribution in [0.2, 0.25) is 10.0 Å². The predicted molar refractivity (Wildman–Crippen MR) is 134 cm³/mol. The molecule has 0 atom stereocenters. The van der Waals surface area contributed by atoms with E-state index >= 15 is 0 Å². The van der Waals surface area contributed by atoms with Gasteiger partial charge >= 0.3 is 0 Å². The molecule has 0 spiro atoms. The Morgan fingerprint density at radius 2 is 1.80 bits per heavy atom. The van der Waals surface area contributed by atoms with Gasteiger partial charge in [-0.1, -0.05) is 52.7 Å². The molecule has 1 amide bonds. The first-order valence-corrected chi connectivity index (χ1v) is 11.5. The van der Waals surface area contributed by atoms with Crippen LogP contribution in [0, 0.1) is 0 Å². The average molecular weight is 501 g/mol. The van der Waals surface area contributed by atoms with Gasteiger partial charge in [0.15, 0.2) is 5.13 Å². The van der Waals surface area contributed by atoms with Crippen LogP contribution in [0.3, 0.4) is 0 Å². The number of fused-ring (bicyclic) bond motifs is 2. The first-order valence-electron chi connectivity index (χ1n) is 9.14. The lowest BCUT2D eigenvalue weighted by Crippen LogP contribution is -2.33. The van der Waals surface area contributed by atoms with Gasteiger partial charge in [0.05, 0.1) is 15.2 Å². The topological polar surface area (TPSA) is 36.4 Å². The fourth-order valence-corrected chi connectivity index (χ4v) is 5.83. The Hall–Kier alpha value is -1.41. The Kier molecular flexibility index (Phi) is 7.61. The van der Waals surface area contributed by atoms with Crippen molar-refractivity contribution in [2.24, 2.45) is 0 Å². The van der Waals surface area contributed by atoms with Crippen LogP contribution in [0.15, 0.2) is 42.5 Å². The van der Waals surface area contributed by atoms with Gasteiger partial charge in [0, 0.05) is 21.7 Å². The number of hydrogen-bond donors (Lipinski definition) is 0. The molecule has 2 aromatic carbocycles. The van der Waals surface area contributed by atoms with Gasteiger partial charge in [0.25, 0.3) is 5.91 Å². The van der Waals surface area contributed by atoms with E-state index in [0.29, 0.717) is 26.6 Å². The number of halogens is 3. The van der Waals surface area contributed by atoms with Gasteiger partial charge in [0.1, 0.15) is 4.88 Å². The molecule has 2 aromatic heterocycles. The van der Waals surface area contributed by atoms with Crippen LogP contribution in [-0.2, 0) is 0 Å². The van der Waals surface area contributed by atoms with Crippen molar-refractivity contribution in [3.8, 4) is 0 Å². The minimum Gasteiger partial charge on any atom is -0.309 e. The van der Waals surface area contributed by atoms with Crippen LogP contribution in [-0.4, -0.2) is 43.0 Å². The van der Waals surface area contributed by atoms with E-state index in [1.165, 1.54) is 22.7 Å². The highest BCUT2D eigenvalue weighted by Gasteiger charge is 2.26. The van der Waals surface area contributed by atoms with Crippen molar-refractivity contribution < 1.29 is 4.79 Å². The fraction of sp³-hybridized carbons (Fsp3) is 0.238. The molecule has 0 aliphatic carbocycles. The number of thiazole rings is 1. The first kappa shape index (κ1) is 23.3. The number of anilines is 1. The van der Waals surface area contributed by atoms with Gasteiger partial charge in [-0.3, -0.25) is 9.69 Å². The number of carbonyl (C=O) groups excluding carboxylic acids is 1. The van der Waals surface area contributed by atoms with Crippen molar-refractivity contribution in [2.45, 2.75) is 6.42 Å². The third kappa shape index (κ3) is 4.74. The van der Waals surface area contributed by atoms with Gasteiger partial charge in [-0.05, 0) is 51.3 Å². The van der Waals surface area contributed by atoms with Crippen molar-refractivity contribution >= 4 is 89.6 Å². The number of amides is 1. The molecule has 9 heteroatoms. The molecule has 4 rings (SSSR count). The largest absolute Gasteiger partial charge is 0.309 e. The van der Waals surface area contributed by atoms with Crippen molar-refractivity contribution in [1.82, 2.24) is 9.88 Å². The fourth-order valence-electron chi connectivity index (χ4n) is 3.11. The predicted octanol–water partition coefficient (Wildman–Crippen LogP) is 6.84. The Balaban J connectivity index is 0.00000256. The Morgan fingerprint density at radius 1 is 1.03 bits per heavy atom. The SMILES string of the molecule is CN(C)CCCN(C(=O)c1sc2ccccc2c1Cl)c1nc2ccc(Cl)cc2s1.Cl. The third-order valence-corrected chi connectivity index (χ3v) is 7.47. The van der Waals surface area contributed by atoms with E-state index in [0.717, 1.165) is 33.3 Å². The molecule has 0 N–H and O–H groups in total. The molecule has 30 heavy (non-hydrogen) atoms. The molecular formula is C21H20Cl3N3OS2. The van der Waals surface area contributed by atoms with E-state index in [9.17, 15) is 4.79 Å². The van der Waals surface area contributed by atoms with Gasteiger partial charge in [0.2, 0.25) is 0 Å². The Morgan fingerprint density at radius 3 is 2.53 bits per heavy atom. The molecule has 0 unspecified atom stereocenters. The summed E-state index contributed by atoms with van der Waals surface area (Å²) in [6.07, 6.45) is 0.831. The summed E-state index contributed by atoms with van der Waals surface area (Å²) in [6.45, 7) is 1.44. The zero-order valence-corrected chi connectivity index (χ0v) is 20.4.